The van der Waals surface area contributed by atoms with Gasteiger partial charge in [0.05, 0.1) is 12.3 Å². The van der Waals surface area contributed by atoms with Gasteiger partial charge in [0.2, 0.25) is 5.88 Å². The normalized spacial score (nSPS) is 20.2. The van der Waals surface area contributed by atoms with Gasteiger partial charge in [0.15, 0.2) is 6.29 Å². The molecular formula is C12H18N2O3. The summed E-state index contributed by atoms with van der Waals surface area (Å²) in [5, 5.41) is 7.81. The van der Waals surface area contributed by atoms with Crippen LogP contribution < -0.4 is 4.74 Å². The molecule has 0 aromatic carbocycles. The Balaban J connectivity index is 1.60. The van der Waals surface area contributed by atoms with Crippen LogP contribution in [-0.2, 0) is 9.47 Å². The second-order valence-corrected chi connectivity index (χ2v) is 4.03. The minimum absolute atomic E-state index is 0.0588. The van der Waals surface area contributed by atoms with Gasteiger partial charge in [-0.25, -0.2) is 0 Å². The van der Waals surface area contributed by atoms with Gasteiger partial charge in [-0.1, -0.05) is 0 Å². The Labute approximate surface area is 101 Å². The lowest BCUT2D eigenvalue weighted by Crippen LogP contribution is -2.24. The van der Waals surface area contributed by atoms with Crippen molar-refractivity contribution in [1.29, 1.82) is 0 Å². The summed E-state index contributed by atoms with van der Waals surface area (Å²) in [6.45, 7) is 3.67. The smallest absolute Gasteiger partial charge is 0.233 e. The topological polar surface area (TPSA) is 53.5 Å². The van der Waals surface area contributed by atoms with E-state index in [-0.39, 0.29) is 6.29 Å². The van der Waals surface area contributed by atoms with Gasteiger partial charge in [0.25, 0.3) is 0 Å². The highest BCUT2D eigenvalue weighted by Gasteiger charge is 2.13. The minimum atomic E-state index is -0.0588. The molecule has 1 saturated heterocycles. The SMILES string of the molecule is Cc1ccc(OCCOC2CCCCO2)nn1. The van der Waals surface area contributed by atoms with E-state index in [1.54, 1.807) is 6.07 Å². The number of aromatic nitrogens is 2. The maximum absolute atomic E-state index is 5.53. The van der Waals surface area contributed by atoms with Crippen molar-refractivity contribution in [2.75, 3.05) is 19.8 Å². The number of hydrogen-bond donors (Lipinski definition) is 0. The highest BCUT2D eigenvalue weighted by Crippen LogP contribution is 2.13. The maximum atomic E-state index is 5.53. The standard InChI is InChI=1S/C12H18N2O3/c1-10-5-6-11(14-13-10)15-8-9-17-12-4-2-3-7-16-12/h5-6,12H,2-4,7-9H2,1H3. The summed E-state index contributed by atoms with van der Waals surface area (Å²) in [5.74, 6) is 0.531. The first-order valence-electron chi connectivity index (χ1n) is 6.01. The van der Waals surface area contributed by atoms with Crippen LogP contribution in [0.1, 0.15) is 25.0 Å². The van der Waals surface area contributed by atoms with Crippen molar-refractivity contribution in [3.8, 4) is 5.88 Å². The van der Waals surface area contributed by atoms with Crippen molar-refractivity contribution in [2.45, 2.75) is 32.5 Å². The predicted molar refractivity (Wildman–Crippen MR) is 61.8 cm³/mol. The summed E-state index contributed by atoms with van der Waals surface area (Å²) in [5.41, 5.74) is 0.879. The second-order valence-electron chi connectivity index (χ2n) is 4.03. The molecule has 17 heavy (non-hydrogen) atoms. The van der Waals surface area contributed by atoms with E-state index < -0.39 is 0 Å². The van der Waals surface area contributed by atoms with Crippen LogP contribution in [0.3, 0.4) is 0 Å². The fraction of sp³-hybridized carbons (Fsp3) is 0.667. The fourth-order valence-electron chi connectivity index (χ4n) is 1.63. The third-order valence-corrected chi connectivity index (χ3v) is 2.55. The molecule has 0 N–H and O–H groups in total. The first-order valence-corrected chi connectivity index (χ1v) is 6.01. The van der Waals surface area contributed by atoms with E-state index >= 15 is 0 Å². The van der Waals surface area contributed by atoms with Crippen LogP contribution >= 0.6 is 0 Å². The lowest BCUT2D eigenvalue weighted by molar-refractivity contribution is -0.165. The molecule has 1 atom stereocenters. The zero-order valence-electron chi connectivity index (χ0n) is 10.1. The third kappa shape index (κ3) is 4.28. The van der Waals surface area contributed by atoms with Crippen molar-refractivity contribution in [3.05, 3.63) is 17.8 Å². The van der Waals surface area contributed by atoms with Crippen molar-refractivity contribution in [1.82, 2.24) is 10.2 Å². The number of aryl methyl sites for hydroxylation is 1. The Morgan fingerprint density at radius 2 is 2.24 bits per heavy atom. The monoisotopic (exact) mass is 238 g/mol. The van der Waals surface area contributed by atoms with Gasteiger partial charge in [-0.2, -0.15) is 5.10 Å². The average Bonchev–Trinajstić information content (AvgIpc) is 2.38. The quantitative estimate of drug-likeness (QED) is 0.731. The van der Waals surface area contributed by atoms with Crippen molar-refractivity contribution >= 4 is 0 Å². The number of rotatable bonds is 5. The summed E-state index contributed by atoms with van der Waals surface area (Å²) in [4.78, 5) is 0. The van der Waals surface area contributed by atoms with Gasteiger partial charge in [0.1, 0.15) is 6.61 Å². The van der Waals surface area contributed by atoms with Gasteiger partial charge in [-0.15, -0.1) is 5.10 Å². The number of nitrogens with zero attached hydrogens (tertiary/aromatic N) is 2. The first-order chi connectivity index (χ1) is 8.34. The zero-order chi connectivity index (χ0) is 11.9. The molecule has 1 aliphatic rings. The highest BCUT2D eigenvalue weighted by atomic mass is 16.7. The van der Waals surface area contributed by atoms with Crippen LogP contribution in [0.5, 0.6) is 5.88 Å². The van der Waals surface area contributed by atoms with Gasteiger partial charge >= 0.3 is 0 Å². The molecule has 1 aliphatic heterocycles. The summed E-state index contributed by atoms with van der Waals surface area (Å²) >= 11 is 0. The Bertz CT molecular complexity index is 323. The molecule has 1 unspecified atom stereocenters. The maximum Gasteiger partial charge on any atom is 0.233 e. The lowest BCUT2D eigenvalue weighted by Gasteiger charge is -2.22. The molecule has 1 fully saturated rings. The molecule has 5 nitrogen and oxygen atoms in total. The van der Waals surface area contributed by atoms with E-state index in [1.165, 1.54) is 6.42 Å². The zero-order valence-corrected chi connectivity index (χ0v) is 10.1. The summed E-state index contributed by atoms with van der Waals surface area (Å²) in [7, 11) is 0. The predicted octanol–water partition coefficient (Wildman–Crippen LogP) is 1.71. The van der Waals surface area contributed by atoms with E-state index in [1.807, 2.05) is 13.0 Å². The molecule has 0 radical (unpaired) electrons. The molecule has 5 heteroatoms. The van der Waals surface area contributed by atoms with Crippen LogP contribution in [0, 0.1) is 6.92 Å². The summed E-state index contributed by atoms with van der Waals surface area (Å²) in [6, 6.07) is 3.67. The molecule has 0 saturated carbocycles. The molecule has 2 rings (SSSR count). The first kappa shape index (κ1) is 12.3. The molecule has 1 aromatic heterocycles. The summed E-state index contributed by atoms with van der Waals surface area (Å²) in [6.07, 6.45) is 3.23. The minimum Gasteiger partial charge on any atom is -0.474 e. The Morgan fingerprint density at radius 3 is 2.94 bits per heavy atom. The van der Waals surface area contributed by atoms with Crippen LogP contribution in [0.25, 0.3) is 0 Å². The molecule has 0 spiro atoms. The van der Waals surface area contributed by atoms with Gasteiger partial charge < -0.3 is 14.2 Å². The highest BCUT2D eigenvalue weighted by molar-refractivity contribution is 5.09. The Hall–Kier alpha value is -1.20. The van der Waals surface area contributed by atoms with Gasteiger partial charge in [-0.05, 0) is 32.3 Å². The fourth-order valence-corrected chi connectivity index (χ4v) is 1.63. The molecular weight excluding hydrogens is 220 g/mol. The Kier molecular flexibility index (Phi) is 4.70. The second kappa shape index (κ2) is 6.51. The van der Waals surface area contributed by atoms with Crippen molar-refractivity contribution < 1.29 is 14.2 Å². The number of ether oxygens (including phenoxy) is 3. The molecule has 2 heterocycles. The van der Waals surface area contributed by atoms with Crippen LogP contribution in [0.4, 0.5) is 0 Å². The molecule has 0 bridgehead atoms. The summed E-state index contributed by atoms with van der Waals surface area (Å²) < 4.78 is 16.4. The van der Waals surface area contributed by atoms with E-state index in [0.29, 0.717) is 19.1 Å². The van der Waals surface area contributed by atoms with E-state index in [2.05, 4.69) is 10.2 Å². The van der Waals surface area contributed by atoms with E-state index in [4.69, 9.17) is 14.2 Å². The average molecular weight is 238 g/mol. The lowest BCUT2D eigenvalue weighted by atomic mass is 10.2. The van der Waals surface area contributed by atoms with Crippen LogP contribution in [-0.4, -0.2) is 36.3 Å². The number of hydrogen-bond acceptors (Lipinski definition) is 5. The third-order valence-electron chi connectivity index (χ3n) is 2.55. The Morgan fingerprint density at radius 1 is 1.29 bits per heavy atom. The van der Waals surface area contributed by atoms with E-state index in [9.17, 15) is 0 Å². The van der Waals surface area contributed by atoms with Gasteiger partial charge in [-0.3, -0.25) is 0 Å². The van der Waals surface area contributed by atoms with Gasteiger partial charge in [0, 0.05) is 12.7 Å². The molecule has 0 amide bonds. The van der Waals surface area contributed by atoms with Crippen LogP contribution in [0.2, 0.25) is 0 Å². The van der Waals surface area contributed by atoms with Crippen molar-refractivity contribution in [3.63, 3.8) is 0 Å². The molecule has 94 valence electrons. The van der Waals surface area contributed by atoms with Crippen molar-refractivity contribution in [2.24, 2.45) is 0 Å². The van der Waals surface area contributed by atoms with Crippen LogP contribution in [0.15, 0.2) is 12.1 Å². The van der Waals surface area contributed by atoms with E-state index in [0.717, 1.165) is 25.1 Å². The molecule has 0 aliphatic carbocycles. The largest absolute Gasteiger partial charge is 0.474 e. The molecule has 1 aromatic rings.